The van der Waals surface area contributed by atoms with E-state index in [1.807, 2.05) is 6.07 Å². The second-order valence-corrected chi connectivity index (χ2v) is 14.7. The van der Waals surface area contributed by atoms with Gasteiger partial charge in [0.1, 0.15) is 11.4 Å². The standard InChI is InChI=1S/C33H37F2N7O4S/c1-20-9-10-21(15-27(20)47(5,36)45)30(43)38-18-23-16-26-22(17-37-23)11-12-25(39-26)24-7-6-8-29(40-24)42-14-13-28(33(34,35)19-42)41-31(44)46-32(2,3)4/h6-12,15-17,28,36H,13-14,18-19H2,1-5H3,(H,38,43)(H,41,44). The molecular weight excluding hydrogens is 628 g/mol. The van der Waals surface area contributed by atoms with E-state index in [-0.39, 0.29) is 19.5 Å². The minimum absolute atomic E-state index is 0.00700. The molecule has 1 aromatic carbocycles. The number of aryl methyl sites for hydroxylation is 1. The molecule has 3 aromatic heterocycles. The number of rotatable bonds is 7. The molecule has 248 valence electrons. The second kappa shape index (κ2) is 12.8. The number of alkyl carbamates (subject to hydrolysis) is 1. The van der Waals surface area contributed by atoms with Crippen molar-refractivity contribution in [1.82, 2.24) is 25.6 Å². The monoisotopic (exact) mass is 665 g/mol. The van der Waals surface area contributed by atoms with Crippen LogP contribution in [-0.2, 0) is 21.0 Å². The third-order valence-corrected chi connectivity index (χ3v) is 8.82. The maximum absolute atomic E-state index is 15.1. The van der Waals surface area contributed by atoms with Crippen molar-refractivity contribution in [2.75, 3.05) is 24.2 Å². The third kappa shape index (κ3) is 8.17. The normalized spacial score (nSPS) is 17.5. The SMILES string of the molecule is Cc1ccc(C(=O)NCc2cc3nc(-c4cccc(N5CCC(NC(=O)OC(C)(C)C)C(F)(F)C5)n4)ccc3cn2)cc1S(C)(=N)=O. The molecule has 5 rings (SSSR count). The smallest absolute Gasteiger partial charge is 0.408 e. The Morgan fingerprint density at radius 1 is 1.11 bits per heavy atom. The number of nitrogens with one attached hydrogen (secondary N) is 3. The van der Waals surface area contributed by atoms with Crippen LogP contribution >= 0.6 is 0 Å². The fourth-order valence-corrected chi connectivity index (χ4v) is 6.27. The van der Waals surface area contributed by atoms with Gasteiger partial charge < -0.3 is 20.3 Å². The summed E-state index contributed by atoms with van der Waals surface area (Å²) < 4.78 is 55.6. The third-order valence-electron chi connectivity index (χ3n) is 7.54. The van der Waals surface area contributed by atoms with Crippen LogP contribution in [0.3, 0.4) is 0 Å². The van der Waals surface area contributed by atoms with Gasteiger partial charge in [-0.2, -0.15) is 0 Å². The average Bonchev–Trinajstić information content (AvgIpc) is 2.99. The first-order valence-electron chi connectivity index (χ1n) is 15.0. The topological polar surface area (TPSA) is 150 Å². The van der Waals surface area contributed by atoms with Gasteiger partial charge in [-0.3, -0.25) is 9.78 Å². The van der Waals surface area contributed by atoms with Gasteiger partial charge in [-0.25, -0.2) is 32.5 Å². The number of amides is 2. The minimum atomic E-state index is -3.21. The molecule has 1 aliphatic heterocycles. The van der Waals surface area contributed by atoms with Crippen molar-refractivity contribution < 1.29 is 27.3 Å². The molecule has 1 aliphatic rings. The highest BCUT2D eigenvalue weighted by Crippen LogP contribution is 2.31. The number of carbonyl (C=O) groups excluding carboxylic acids is 2. The van der Waals surface area contributed by atoms with E-state index in [1.165, 1.54) is 17.2 Å². The van der Waals surface area contributed by atoms with Crippen molar-refractivity contribution in [3.63, 3.8) is 0 Å². The number of carbonyl (C=O) groups is 2. The Labute approximate surface area is 272 Å². The van der Waals surface area contributed by atoms with Gasteiger partial charge >= 0.3 is 6.09 Å². The van der Waals surface area contributed by atoms with Gasteiger partial charge in [-0.1, -0.05) is 12.1 Å². The molecule has 14 heteroatoms. The van der Waals surface area contributed by atoms with E-state index in [0.29, 0.717) is 44.4 Å². The molecular formula is C33H37F2N7O4S. The molecule has 11 nitrogen and oxygen atoms in total. The zero-order valence-electron chi connectivity index (χ0n) is 26.8. The first-order valence-corrected chi connectivity index (χ1v) is 16.9. The van der Waals surface area contributed by atoms with Crippen LogP contribution in [0.4, 0.5) is 19.4 Å². The number of pyridine rings is 3. The summed E-state index contributed by atoms with van der Waals surface area (Å²) in [5.74, 6) is -3.25. The van der Waals surface area contributed by atoms with Crippen LogP contribution in [-0.4, -0.2) is 68.1 Å². The predicted molar refractivity (Wildman–Crippen MR) is 175 cm³/mol. The first kappa shape index (κ1) is 33.6. The minimum Gasteiger partial charge on any atom is -0.444 e. The molecule has 1 saturated heterocycles. The van der Waals surface area contributed by atoms with Gasteiger partial charge in [0.05, 0.1) is 56.4 Å². The summed E-state index contributed by atoms with van der Waals surface area (Å²) in [6, 6.07) is 13.9. The van der Waals surface area contributed by atoms with E-state index in [4.69, 9.17) is 14.5 Å². The van der Waals surface area contributed by atoms with Crippen LogP contribution in [0.15, 0.2) is 65.7 Å². The Bertz CT molecular complexity index is 1950. The number of aromatic nitrogens is 3. The zero-order chi connectivity index (χ0) is 34.1. The maximum Gasteiger partial charge on any atom is 0.408 e. The highest BCUT2D eigenvalue weighted by Gasteiger charge is 2.46. The van der Waals surface area contributed by atoms with Crippen molar-refractivity contribution in [1.29, 1.82) is 4.78 Å². The molecule has 47 heavy (non-hydrogen) atoms. The van der Waals surface area contributed by atoms with Crippen molar-refractivity contribution in [3.05, 3.63) is 77.6 Å². The molecule has 0 radical (unpaired) electrons. The number of nitrogens with zero attached hydrogens (tertiary/aromatic N) is 4. The van der Waals surface area contributed by atoms with E-state index in [9.17, 15) is 13.8 Å². The van der Waals surface area contributed by atoms with Gasteiger partial charge in [-0.05, 0) is 82.1 Å². The average molecular weight is 666 g/mol. The molecule has 2 atom stereocenters. The van der Waals surface area contributed by atoms with E-state index >= 15 is 8.78 Å². The number of benzene rings is 1. The molecule has 4 aromatic rings. The molecule has 1 fully saturated rings. The Morgan fingerprint density at radius 2 is 1.85 bits per heavy atom. The van der Waals surface area contributed by atoms with Crippen molar-refractivity contribution in [3.8, 4) is 11.4 Å². The van der Waals surface area contributed by atoms with E-state index in [0.717, 1.165) is 5.39 Å². The Balaban J connectivity index is 1.28. The number of piperidine rings is 1. The summed E-state index contributed by atoms with van der Waals surface area (Å²) in [5, 5.41) is 5.88. The van der Waals surface area contributed by atoms with Gasteiger partial charge in [-0.15, -0.1) is 0 Å². The molecule has 4 heterocycles. The number of hydrogen-bond donors (Lipinski definition) is 3. The Kier molecular flexibility index (Phi) is 9.18. The number of ether oxygens (including phenoxy) is 1. The molecule has 0 bridgehead atoms. The zero-order valence-corrected chi connectivity index (χ0v) is 27.6. The van der Waals surface area contributed by atoms with Gasteiger partial charge in [0, 0.05) is 29.9 Å². The molecule has 0 spiro atoms. The maximum atomic E-state index is 15.1. The van der Waals surface area contributed by atoms with Crippen LogP contribution in [0, 0.1) is 11.7 Å². The molecule has 2 amide bonds. The summed E-state index contributed by atoms with van der Waals surface area (Å²) in [5.41, 5.74) is 2.35. The lowest BCUT2D eigenvalue weighted by molar-refractivity contribution is -0.0459. The number of fused-ring (bicyclic) bond motifs is 1. The highest BCUT2D eigenvalue weighted by atomic mass is 32.2. The molecule has 0 saturated carbocycles. The number of halogens is 2. The van der Waals surface area contributed by atoms with Gasteiger partial charge in [0.15, 0.2) is 0 Å². The van der Waals surface area contributed by atoms with Crippen LogP contribution < -0.4 is 15.5 Å². The number of hydrogen-bond acceptors (Lipinski definition) is 9. The quantitative estimate of drug-likeness (QED) is 0.227. The fourth-order valence-electron chi connectivity index (χ4n) is 5.24. The largest absolute Gasteiger partial charge is 0.444 e. The fraction of sp³-hybridized carbons (Fsp3) is 0.364. The highest BCUT2D eigenvalue weighted by molar-refractivity contribution is 7.91. The van der Waals surface area contributed by atoms with Gasteiger partial charge in [0.25, 0.3) is 11.8 Å². The summed E-state index contributed by atoms with van der Waals surface area (Å²) in [6.07, 6.45) is 2.09. The van der Waals surface area contributed by atoms with E-state index in [2.05, 4.69) is 20.6 Å². The number of alkyl halides is 2. The van der Waals surface area contributed by atoms with Crippen molar-refractivity contribution in [2.45, 2.75) is 63.1 Å². The lowest BCUT2D eigenvalue weighted by Crippen LogP contribution is -2.59. The van der Waals surface area contributed by atoms with Crippen LogP contribution in [0.25, 0.3) is 22.3 Å². The number of anilines is 1. The van der Waals surface area contributed by atoms with E-state index in [1.54, 1.807) is 76.4 Å². The van der Waals surface area contributed by atoms with Crippen molar-refractivity contribution >= 4 is 38.5 Å². The predicted octanol–water partition coefficient (Wildman–Crippen LogP) is 5.70. The van der Waals surface area contributed by atoms with Gasteiger partial charge in [0.2, 0.25) is 0 Å². The molecule has 0 aliphatic carbocycles. The van der Waals surface area contributed by atoms with Crippen LogP contribution in [0.1, 0.15) is 48.8 Å². The van der Waals surface area contributed by atoms with Crippen LogP contribution in [0.5, 0.6) is 0 Å². The van der Waals surface area contributed by atoms with Crippen LogP contribution in [0.2, 0.25) is 0 Å². The lowest BCUT2D eigenvalue weighted by Gasteiger charge is -2.39. The summed E-state index contributed by atoms with van der Waals surface area (Å²) in [7, 11) is -2.99. The summed E-state index contributed by atoms with van der Waals surface area (Å²) >= 11 is 0. The Hall–Kier alpha value is -4.72. The summed E-state index contributed by atoms with van der Waals surface area (Å²) in [6.45, 7) is 6.49. The van der Waals surface area contributed by atoms with Crippen molar-refractivity contribution in [2.24, 2.45) is 0 Å². The molecule has 3 N–H and O–H groups in total. The van der Waals surface area contributed by atoms with E-state index < -0.39 is 45.8 Å². The summed E-state index contributed by atoms with van der Waals surface area (Å²) in [4.78, 5) is 40.5. The second-order valence-electron chi connectivity index (χ2n) is 12.6. The lowest BCUT2D eigenvalue weighted by atomic mass is 10.0. The Morgan fingerprint density at radius 3 is 2.55 bits per heavy atom. The first-order chi connectivity index (χ1) is 22.0. The molecule has 2 unspecified atom stereocenters.